The van der Waals surface area contributed by atoms with Crippen LogP contribution in [0.1, 0.15) is 69.8 Å². The third-order valence-electron chi connectivity index (χ3n) is 10.0. The Morgan fingerprint density at radius 3 is 2.22 bits per heavy atom. The van der Waals surface area contributed by atoms with E-state index in [0.717, 1.165) is 58.6 Å². The van der Waals surface area contributed by atoms with Crippen LogP contribution in [0.4, 0.5) is 0 Å². The van der Waals surface area contributed by atoms with Crippen molar-refractivity contribution in [2.75, 3.05) is 19.6 Å². The first-order valence-electron chi connectivity index (χ1n) is 17.6. The van der Waals surface area contributed by atoms with Crippen molar-refractivity contribution in [3.05, 3.63) is 166 Å². The number of carbonyl (C=O) groups excluding carboxylic acids is 1. The first-order valence-corrected chi connectivity index (χ1v) is 18.0. The number of likely N-dealkylation sites (tertiary alicyclic amines) is 1. The molecular formula is C43H43ClN2O5. The van der Waals surface area contributed by atoms with E-state index in [4.69, 9.17) is 21.1 Å². The fourth-order valence-corrected chi connectivity index (χ4v) is 7.20. The lowest BCUT2D eigenvalue weighted by Gasteiger charge is -2.42. The monoisotopic (exact) mass is 702 g/mol. The zero-order chi connectivity index (χ0) is 35.2. The minimum Gasteiger partial charge on any atom is -0.392 e. The second kappa shape index (κ2) is 15.9. The summed E-state index contributed by atoms with van der Waals surface area (Å²) in [5.41, 5.74) is 6.56. The molecule has 0 aromatic heterocycles. The third kappa shape index (κ3) is 8.59. The molecule has 2 aliphatic rings. The maximum atomic E-state index is 12.6. The Morgan fingerprint density at radius 2 is 1.49 bits per heavy atom. The van der Waals surface area contributed by atoms with E-state index < -0.39 is 11.9 Å². The van der Waals surface area contributed by atoms with Gasteiger partial charge < -0.3 is 29.9 Å². The summed E-state index contributed by atoms with van der Waals surface area (Å²) in [6, 6.07) is 41.1. The van der Waals surface area contributed by atoms with Crippen molar-refractivity contribution in [2.24, 2.45) is 0 Å². The lowest BCUT2D eigenvalue weighted by Crippen LogP contribution is -2.46. The molecule has 7 nitrogen and oxygen atoms in total. The number of hydrogen-bond donors (Lipinski definition) is 3. The number of hydrogen-bond acceptors (Lipinski definition) is 6. The topological polar surface area (TPSA) is 91.3 Å². The van der Waals surface area contributed by atoms with Gasteiger partial charge in [-0.3, -0.25) is 4.79 Å². The molecule has 2 heterocycles. The largest absolute Gasteiger partial charge is 0.392 e. The van der Waals surface area contributed by atoms with Crippen LogP contribution in [-0.2, 0) is 28.2 Å². The molecule has 7 rings (SSSR count). The molecule has 51 heavy (non-hydrogen) atoms. The Hall–Kier alpha value is -4.34. The highest BCUT2D eigenvalue weighted by atomic mass is 35.5. The zero-order valence-electron chi connectivity index (χ0n) is 28.5. The minimum atomic E-state index is -0.873. The third-order valence-corrected chi connectivity index (χ3v) is 10.3. The van der Waals surface area contributed by atoms with Crippen molar-refractivity contribution in [1.29, 1.82) is 0 Å². The quantitative estimate of drug-likeness (QED) is 0.137. The van der Waals surface area contributed by atoms with E-state index in [9.17, 15) is 15.0 Å². The van der Waals surface area contributed by atoms with Gasteiger partial charge in [-0.15, -0.1) is 0 Å². The Bertz CT molecular complexity index is 1910. The first kappa shape index (κ1) is 35.1. The number of rotatable bonds is 10. The number of ether oxygens (including phenoxy) is 2. The van der Waals surface area contributed by atoms with Gasteiger partial charge in [0.25, 0.3) is 5.91 Å². The summed E-state index contributed by atoms with van der Waals surface area (Å²) in [6.45, 7) is 2.63. The minimum absolute atomic E-state index is 0.00904. The van der Waals surface area contributed by atoms with Gasteiger partial charge >= 0.3 is 0 Å². The highest BCUT2D eigenvalue weighted by molar-refractivity contribution is 6.30. The predicted molar refractivity (Wildman–Crippen MR) is 199 cm³/mol. The standard InChI is InChI=1S/C43H43ClN2O5/c44-38-18-16-37(17-19-38)43(49)20-22-46(23-21-43)28-39-26-40(32-14-12-30(29-47)13-15-32)51-42(50-39)36-11-5-10-35(25-36)34-9-4-6-31(24-34)27-45-41(48)33-7-2-1-3-8-33/h1-19,24-25,39-40,42,47,49H,20-23,26-29H2,(H,45,48)/t39-,40+,42+/m1/s1. The fourth-order valence-electron chi connectivity index (χ4n) is 7.07. The maximum absolute atomic E-state index is 12.6. The normalized spacial score (nSPS) is 20.5. The van der Waals surface area contributed by atoms with E-state index >= 15 is 0 Å². The summed E-state index contributed by atoms with van der Waals surface area (Å²) in [4.78, 5) is 15.0. The number of amides is 1. The van der Waals surface area contributed by atoms with Crippen LogP contribution in [-0.4, -0.2) is 46.8 Å². The van der Waals surface area contributed by atoms with Crippen LogP contribution in [0.3, 0.4) is 0 Å². The van der Waals surface area contributed by atoms with Crippen molar-refractivity contribution in [3.63, 3.8) is 0 Å². The van der Waals surface area contributed by atoms with Gasteiger partial charge in [0.05, 0.1) is 24.4 Å². The number of nitrogens with one attached hydrogen (secondary N) is 1. The average Bonchev–Trinajstić information content (AvgIpc) is 3.18. The van der Waals surface area contributed by atoms with Gasteiger partial charge in [0.1, 0.15) is 0 Å². The molecule has 3 N–H and O–H groups in total. The lowest BCUT2D eigenvalue weighted by atomic mass is 9.84. The Labute approximate surface area is 304 Å². The fraction of sp³-hybridized carbons (Fsp3) is 0.279. The molecular weight excluding hydrogens is 660 g/mol. The highest BCUT2D eigenvalue weighted by Crippen LogP contribution is 2.40. The summed E-state index contributed by atoms with van der Waals surface area (Å²) >= 11 is 6.10. The number of nitrogens with zero attached hydrogens (tertiary/aromatic N) is 1. The predicted octanol–water partition coefficient (Wildman–Crippen LogP) is 7.96. The molecule has 8 heteroatoms. The smallest absolute Gasteiger partial charge is 0.251 e. The number of aliphatic hydroxyl groups excluding tert-OH is 1. The number of benzene rings is 5. The van der Waals surface area contributed by atoms with Crippen molar-refractivity contribution in [1.82, 2.24) is 10.2 Å². The number of halogens is 1. The molecule has 0 bridgehead atoms. The van der Waals surface area contributed by atoms with E-state index in [0.29, 0.717) is 36.4 Å². The molecule has 1 amide bonds. The van der Waals surface area contributed by atoms with E-state index in [-0.39, 0.29) is 24.7 Å². The Kier molecular flexibility index (Phi) is 10.9. The van der Waals surface area contributed by atoms with Crippen LogP contribution in [0.25, 0.3) is 11.1 Å². The molecule has 0 unspecified atom stereocenters. The van der Waals surface area contributed by atoms with Gasteiger partial charge in [-0.25, -0.2) is 0 Å². The van der Waals surface area contributed by atoms with Crippen molar-refractivity contribution >= 4 is 17.5 Å². The maximum Gasteiger partial charge on any atom is 0.251 e. The molecule has 0 aliphatic carbocycles. The average molecular weight is 703 g/mol. The summed E-state index contributed by atoms with van der Waals surface area (Å²) in [6.07, 6.45) is 1.05. The van der Waals surface area contributed by atoms with Crippen molar-refractivity contribution in [3.8, 4) is 11.1 Å². The SMILES string of the molecule is O=C(NCc1cccc(-c2cccc([C@H]3O[C@@H](CN4CCC(O)(c5ccc(Cl)cc5)CC4)C[C@@H](c4ccc(CO)cc4)O3)c2)c1)c1ccccc1. The Morgan fingerprint density at radius 1 is 0.784 bits per heavy atom. The first-order chi connectivity index (χ1) is 24.8. The van der Waals surface area contributed by atoms with Crippen LogP contribution in [0.15, 0.2) is 127 Å². The molecule has 3 atom stereocenters. The van der Waals surface area contributed by atoms with Crippen LogP contribution >= 0.6 is 11.6 Å². The second-order valence-electron chi connectivity index (χ2n) is 13.6. The molecule has 0 radical (unpaired) electrons. The Balaban J connectivity index is 1.06. The molecule has 5 aromatic rings. The summed E-state index contributed by atoms with van der Waals surface area (Å²) in [7, 11) is 0. The van der Waals surface area contributed by atoms with Crippen molar-refractivity contribution in [2.45, 2.75) is 56.5 Å². The van der Waals surface area contributed by atoms with Gasteiger partial charge in [-0.05, 0) is 82.6 Å². The van der Waals surface area contributed by atoms with Gasteiger partial charge in [0.15, 0.2) is 6.29 Å². The van der Waals surface area contributed by atoms with E-state index in [1.165, 1.54) is 0 Å². The van der Waals surface area contributed by atoms with Crippen molar-refractivity contribution < 1.29 is 24.5 Å². The molecule has 5 aromatic carbocycles. The number of aliphatic hydroxyl groups is 2. The van der Waals surface area contributed by atoms with Crippen LogP contribution in [0.2, 0.25) is 5.02 Å². The molecule has 2 saturated heterocycles. The van der Waals surface area contributed by atoms with E-state index in [1.54, 1.807) is 12.1 Å². The summed E-state index contributed by atoms with van der Waals surface area (Å²) in [5.74, 6) is -0.105. The van der Waals surface area contributed by atoms with Crippen LogP contribution in [0.5, 0.6) is 0 Å². The summed E-state index contributed by atoms with van der Waals surface area (Å²) in [5, 5.41) is 24.8. The molecule has 0 saturated carbocycles. The summed E-state index contributed by atoms with van der Waals surface area (Å²) < 4.78 is 13.4. The van der Waals surface area contributed by atoms with E-state index in [2.05, 4.69) is 34.5 Å². The van der Waals surface area contributed by atoms with E-state index in [1.807, 2.05) is 91.0 Å². The number of carbonyl (C=O) groups is 1. The second-order valence-corrected chi connectivity index (χ2v) is 14.0. The molecule has 262 valence electrons. The molecule has 2 aliphatic heterocycles. The van der Waals surface area contributed by atoms with Gasteiger partial charge in [-0.1, -0.05) is 103 Å². The van der Waals surface area contributed by atoms with Gasteiger partial charge in [0, 0.05) is 48.7 Å². The lowest BCUT2D eigenvalue weighted by molar-refractivity contribution is -0.253. The van der Waals surface area contributed by atoms with Crippen LogP contribution in [0, 0.1) is 0 Å². The van der Waals surface area contributed by atoms with Gasteiger partial charge in [0.2, 0.25) is 0 Å². The highest BCUT2D eigenvalue weighted by Gasteiger charge is 2.37. The zero-order valence-corrected chi connectivity index (χ0v) is 29.2. The van der Waals surface area contributed by atoms with Gasteiger partial charge in [-0.2, -0.15) is 0 Å². The number of piperidine rings is 1. The van der Waals surface area contributed by atoms with Crippen LogP contribution < -0.4 is 5.32 Å². The molecule has 2 fully saturated rings. The molecule has 0 spiro atoms.